The first kappa shape index (κ1) is 17.0. The standard InChI is InChI=1S/C14H13ClN2O5S/c1-22-14-7-6-11(15)8-12(14)16-23(20,21)9-10-4-2-3-5-13(10)17(18)19/h2-8,16H,9H2,1H3. The molecular weight excluding hydrogens is 344 g/mol. The van der Waals surface area contributed by atoms with E-state index in [0.29, 0.717) is 10.8 Å². The number of benzene rings is 2. The molecule has 0 bridgehead atoms. The van der Waals surface area contributed by atoms with Crippen molar-refractivity contribution in [3.8, 4) is 5.75 Å². The number of nitro groups is 1. The van der Waals surface area contributed by atoms with Crippen LogP contribution in [0.25, 0.3) is 0 Å². The summed E-state index contributed by atoms with van der Waals surface area (Å²) in [6.07, 6.45) is 0. The summed E-state index contributed by atoms with van der Waals surface area (Å²) in [4.78, 5) is 10.3. The van der Waals surface area contributed by atoms with Crippen LogP contribution in [0.2, 0.25) is 5.02 Å². The largest absolute Gasteiger partial charge is 0.495 e. The second-order valence-corrected chi connectivity index (χ2v) is 6.75. The van der Waals surface area contributed by atoms with E-state index >= 15 is 0 Å². The van der Waals surface area contributed by atoms with Crippen LogP contribution < -0.4 is 9.46 Å². The SMILES string of the molecule is COc1ccc(Cl)cc1NS(=O)(=O)Cc1ccccc1[N+](=O)[O-]. The summed E-state index contributed by atoms with van der Waals surface area (Å²) in [5.74, 6) is -0.250. The average Bonchev–Trinajstić information content (AvgIpc) is 2.47. The number of para-hydroxylation sites is 1. The van der Waals surface area contributed by atoms with Gasteiger partial charge in [-0.2, -0.15) is 0 Å². The van der Waals surface area contributed by atoms with Gasteiger partial charge < -0.3 is 4.74 Å². The Kier molecular flexibility index (Phi) is 5.07. The molecule has 122 valence electrons. The number of sulfonamides is 1. The fraction of sp³-hybridized carbons (Fsp3) is 0.143. The highest BCUT2D eigenvalue weighted by Gasteiger charge is 2.21. The van der Waals surface area contributed by atoms with Gasteiger partial charge in [0.2, 0.25) is 10.0 Å². The predicted octanol–water partition coefficient (Wildman–Crippen LogP) is 3.20. The maximum atomic E-state index is 12.3. The van der Waals surface area contributed by atoms with Crippen molar-refractivity contribution in [2.45, 2.75) is 5.75 Å². The van der Waals surface area contributed by atoms with E-state index in [1.54, 1.807) is 6.07 Å². The van der Waals surface area contributed by atoms with E-state index in [1.807, 2.05) is 0 Å². The zero-order valence-corrected chi connectivity index (χ0v) is 13.6. The first-order valence-electron chi connectivity index (χ1n) is 6.39. The molecule has 0 saturated heterocycles. The van der Waals surface area contributed by atoms with Gasteiger partial charge in [-0.3, -0.25) is 14.8 Å². The number of methoxy groups -OCH3 is 1. The third kappa shape index (κ3) is 4.33. The van der Waals surface area contributed by atoms with Crippen LogP contribution in [0.5, 0.6) is 5.75 Å². The minimum atomic E-state index is -3.89. The van der Waals surface area contributed by atoms with Gasteiger partial charge in [0.15, 0.2) is 0 Å². The number of rotatable bonds is 6. The Morgan fingerprint density at radius 1 is 1.26 bits per heavy atom. The molecular formula is C14H13ClN2O5S. The second kappa shape index (κ2) is 6.84. The highest BCUT2D eigenvalue weighted by Crippen LogP contribution is 2.29. The van der Waals surface area contributed by atoms with Crippen molar-refractivity contribution in [1.29, 1.82) is 0 Å². The van der Waals surface area contributed by atoms with Crippen molar-refractivity contribution < 1.29 is 18.1 Å². The monoisotopic (exact) mass is 356 g/mol. The van der Waals surface area contributed by atoms with Gasteiger partial charge in [0.05, 0.1) is 17.7 Å². The van der Waals surface area contributed by atoms with Crippen molar-refractivity contribution in [3.05, 3.63) is 63.2 Å². The van der Waals surface area contributed by atoms with E-state index in [1.165, 1.54) is 43.5 Å². The van der Waals surface area contributed by atoms with Crippen LogP contribution in [0.1, 0.15) is 5.56 Å². The maximum absolute atomic E-state index is 12.3. The van der Waals surface area contributed by atoms with E-state index in [4.69, 9.17) is 16.3 Å². The maximum Gasteiger partial charge on any atom is 0.273 e. The molecule has 0 heterocycles. The van der Waals surface area contributed by atoms with Crippen molar-refractivity contribution in [2.24, 2.45) is 0 Å². The Bertz CT molecular complexity index is 839. The molecule has 0 unspecified atom stereocenters. The summed E-state index contributed by atoms with van der Waals surface area (Å²) >= 11 is 5.85. The summed E-state index contributed by atoms with van der Waals surface area (Å²) in [5.41, 5.74) is 0.000475. The smallest absolute Gasteiger partial charge is 0.273 e. The Balaban J connectivity index is 2.31. The van der Waals surface area contributed by atoms with Gasteiger partial charge in [-0.25, -0.2) is 8.42 Å². The Labute approximate surface area is 138 Å². The number of hydrogen-bond acceptors (Lipinski definition) is 5. The fourth-order valence-corrected chi connectivity index (χ4v) is 3.37. The number of nitrogens with zero attached hydrogens (tertiary/aromatic N) is 1. The molecule has 2 rings (SSSR count). The highest BCUT2D eigenvalue weighted by atomic mass is 35.5. The summed E-state index contributed by atoms with van der Waals surface area (Å²) in [6.45, 7) is 0. The summed E-state index contributed by atoms with van der Waals surface area (Å²) in [7, 11) is -2.49. The van der Waals surface area contributed by atoms with Gasteiger partial charge >= 0.3 is 0 Å². The van der Waals surface area contributed by atoms with Gasteiger partial charge in [0.25, 0.3) is 5.69 Å². The lowest BCUT2D eigenvalue weighted by Gasteiger charge is -2.12. The molecule has 0 atom stereocenters. The number of ether oxygens (including phenoxy) is 1. The van der Waals surface area contributed by atoms with Gasteiger partial charge in [0.1, 0.15) is 11.5 Å². The Morgan fingerprint density at radius 3 is 2.61 bits per heavy atom. The number of anilines is 1. The lowest BCUT2D eigenvalue weighted by atomic mass is 10.2. The van der Waals surface area contributed by atoms with Crippen LogP contribution in [-0.2, 0) is 15.8 Å². The van der Waals surface area contributed by atoms with Crippen molar-refractivity contribution in [2.75, 3.05) is 11.8 Å². The molecule has 0 radical (unpaired) electrons. The molecule has 2 aromatic carbocycles. The van der Waals surface area contributed by atoms with Crippen LogP contribution in [0.3, 0.4) is 0 Å². The second-order valence-electron chi connectivity index (χ2n) is 4.59. The van der Waals surface area contributed by atoms with Crippen LogP contribution in [0.15, 0.2) is 42.5 Å². The highest BCUT2D eigenvalue weighted by molar-refractivity contribution is 7.91. The molecule has 0 fully saturated rings. The summed E-state index contributed by atoms with van der Waals surface area (Å²) < 4.78 is 32.0. The van der Waals surface area contributed by atoms with Crippen molar-refractivity contribution >= 4 is 33.0 Å². The van der Waals surface area contributed by atoms with Crippen molar-refractivity contribution in [3.63, 3.8) is 0 Å². The van der Waals surface area contributed by atoms with Crippen LogP contribution in [-0.4, -0.2) is 20.5 Å². The number of halogens is 1. The minimum absolute atomic E-state index is 0.0889. The van der Waals surface area contributed by atoms with E-state index in [-0.39, 0.29) is 16.9 Å². The molecule has 0 aliphatic heterocycles. The molecule has 2 aromatic rings. The Hall–Kier alpha value is -2.32. The molecule has 0 aliphatic carbocycles. The van der Waals surface area contributed by atoms with E-state index in [0.717, 1.165) is 0 Å². The zero-order chi connectivity index (χ0) is 17.0. The lowest BCUT2D eigenvalue weighted by molar-refractivity contribution is -0.385. The van der Waals surface area contributed by atoms with Gasteiger partial charge in [-0.1, -0.05) is 29.8 Å². The average molecular weight is 357 g/mol. The summed E-state index contributed by atoms with van der Waals surface area (Å²) in [6, 6.07) is 10.1. The number of nitro benzene ring substituents is 1. The summed E-state index contributed by atoms with van der Waals surface area (Å²) in [5, 5.41) is 11.3. The molecule has 9 heteroatoms. The molecule has 0 spiro atoms. The van der Waals surface area contributed by atoms with E-state index < -0.39 is 20.7 Å². The Morgan fingerprint density at radius 2 is 1.96 bits per heavy atom. The normalized spacial score (nSPS) is 11.0. The molecule has 0 saturated carbocycles. The molecule has 7 nitrogen and oxygen atoms in total. The van der Waals surface area contributed by atoms with E-state index in [2.05, 4.69) is 4.72 Å². The quantitative estimate of drug-likeness (QED) is 0.633. The molecule has 0 aromatic heterocycles. The lowest BCUT2D eigenvalue weighted by Crippen LogP contribution is -2.16. The predicted molar refractivity (Wildman–Crippen MR) is 87.3 cm³/mol. The van der Waals surface area contributed by atoms with E-state index in [9.17, 15) is 18.5 Å². The first-order chi connectivity index (χ1) is 10.8. The van der Waals surface area contributed by atoms with Gasteiger partial charge in [-0.15, -0.1) is 0 Å². The molecule has 0 amide bonds. The van der Waals surface area contributed by atoms with Crippen molar-refractivity contribution in [1.82, 2.24) is 0 Å². The molecule has 0 aliphatic rings. The van der Waals surface area contributed by atoms with Gasteiger partial charge in [-0.05, 0) is 18.2 Å². The minimum Gasteiger partial charge on any atom is -0.495 e. The third-order valence-electron chi connectivity index (χ3n) is 2.96. The van der Waals surface area contributed by atoms with Crippen LogP contribution in [0, 0.1) is 10.1 Å². The number of hydrogen-bond donors (Lipinski definition) is 1. The topological polar surface area (TPSA) is 98.5 Å². The molecule has 1 N–H and O–H groups in total. The van der Waals surface area contributed by atoms with Crippen LogP contribution in [0.4, 0.5) is 11.4 Å². The van der Waals surface area contributed by atoms with Gasteiger partial charge in [0, 0.05) is 16.7 Å². The fourth-order valence-electron chi connectivity index (χ4n) is 1.98. The number of nitrogens with one attached hydrogen (secondary N) is 1. The zero-order valence-electron chi connectivity index (χ0n) is 12.0. The third-order valence-corrected chi connectivity index (χ3v) is 4.42. The van der Waals surface area contributed by atoms with Crippen LogP contribution >= 0.6 is 11.6 Å². The first-order valence-corrected chi connectivity index (χ1v) is 8.42. The molecule has 23 heavy (non-hydrogen) atoms.